The number of rotatable bonds is 1. The molecule has 0 spiro atoms. The molecule has 0 radical (unpaired) electrons. The van der Waals surface area contributed by atoms with Gasteiger partial charge in [-0.05, 0) is 0 Å². The predicted octanol–water partition coefficient (Wildman–Crippen LogP) is -0.127. The fourth-order valence-electron chi connectivity index (χ4n) is 1.65. The molecule has 0 amide bonds. The van der Waals surface area contributed by atoms with Crippen LogP contribution in [0.5, 0.6) is 0 Å². The maximum atomic E-state index is 5.54. The summed E-state index contributed by atoms with van der Waals surface area (Å²) in [5.74, 6) is 0. The molecule has 0 N–H and O–H groups in total. The van der Waals surface area contributed by atoms with Gasteiger partial charge in [0.2, 0.25) is 0 Å². The van der Waals surface area contributed by atoms with Crippen LogP contribution >= 0.6 is 0 Å². The van der Waals surface area contributed by atoms with Gasteiger partial charge in [-0.25, -0.2) is 0 Å². The van der Waals surface area contributed by atoms with Crippen molar-refractivity contribution in [2.75, 3.05) is 13.4 Å². The maximum absolute atomic E-state index is 5.54. The molecule has 3 aliphatic heterocycles. The number of ether oxygens (including phenoxy) is 4. The lowest BCUT2D eigenvalue weighted by Gasteiger charge is -2.07. The van der Waals surface area contributed by atoms with E-state index < -0.39 is 0 Å². The van der Waals surface area contributed by atoms with Gasteiger partial charge in [0.1, 0.15) is 12.2 Å². The van der Waals surface area contributed by atoms with Crippen LogP contribution in [0.15, 0.2) is 0 Å². The van der Waals surface area contributed by atoms with E-state index in [0.29, 0.717) is 12.9 Å². The molecule has 0 bridgehead atoms. The molecule has 3 saturated heterocycles. The highest BCUT2D eigenvalue weighted by atomic mass is 16.8. The van der Waals surface area contributed by atoms with Crippen molar-refractivity contribution in [2.24, 2.45) is 0 Å². The molecule has 0 unspecified atom stereocenters. The molecule has 3 heterocycles. The maximum Gasteiger partial charge on any atom is 0.187 e. The Hall–Kier alpha value is -0.160. The first-order valence-corrected chi connectivity index (χ1v) is 3.94. The van der Waals surface area contributed by atoms with E-state index in [1.165, 1.54) is 0 Å². The van der Waals surface area contributed by atoms with Crippen molar-refractivity contribution in [1.29, 1.82) is 0 Å². The largest absolute Gasteiger partial charge is 0.370 e. The van der Waals surface area contributed by atoms with Gasteiger partial charge in [0, 0.05) is 6.42 Å². The van der Waals surface area contributed by atoms with Crippen LogP contribution in [0.25, 0.3) is 0 Å². The minimum atomic E-state index is -0.121. The molecule has 3 fully saturated rings. The van der Waals surface area contributed by atoms with E-state index >= 15 is 0 Å². The first-order valence-electron chi connectivity index (χ1n) is 3.94. The van der Waals surface area contributed by atoms with Crippen LogP contribution in [0.3, 0.4) is 0 Å². The van der Waals surface area contributed by atoms with Gasteiger partial charge in [-0.2, -0.15) is 0 Å². The Morgan fingerprint density at radius 2 is 1.82 bits per heavy atom. The van der Waals surface area contributed by atoms with Crippen molar-refractivity contribution >= 4 is 0 Å². The quantitative estimate of drug-likeness (QED) is 0.498. The van der Waals surface area contributed by atoms with Crippen molar-refractivity contribution in [1.82, 2.24) is 0 Å². The Kier molecular flexibility index (Phi) is 1.25. The Bertz CT molecular complexity index is 156. The van der Waals surface area contributed by atoms with E-state index in [2.05, 4.69) is 0 Å². The molecule has 0 aliphatic carbocycles. The first kappa shape index (κ1) is 6.37. The zero-order chi connectivity index (χ0) is 7.26. The summed E-state index contributed by atoms with van der Waals surface area (Å²) >= 11 is 0. The van der Waals surface area contributed by atoms with Gasteiger partial charge in [0.15, 0.2) is 13.1 Å². The third kappa shape index (κ3) is 0.980. The first-order chi connectivity index (χ1) is 5.43. The summed E-state index contributed by atoms with van der Waals surface area (Å²) in [6.07, 6.45) is 1.49. The van der Waals surface area contributed by atoms with Crippen molar-refractivity contribution in [3.05, 3.63) is 0 Å². The predicted molar refractivity (Wildman–Crippen MR) is 33.8 cm³/mol. The van der Waals surface area contributed by atoms with E-state index in [1.807, 2.05) is 0 Å². The van der Waals surface area contributed by atoms with Gasteiger partial charge in [0.25, 0.3) is 0 Å². The molecular weight excluding hydrogens is 148 g/mol. The van der Waals surface area contributed by atoms with Crippen LogP contribution in [-0.4, -0.2) is 38.0 Å². The highest BCUT2D eigenvalue weighted by Gasteiger charge is 2.47. The summed E-state index contributed by atoms with van der Waals surface area (Å²) in [6.45, 7) is 1.22. The smallest absolute Gasteiger partial charge is 0.187 e. The Labute approximate surface area is 64.4 Å². The molecular formula is C7H10O4. The SMILES string of the molecule is C1O[C@H]2O[C@H]([C@@H]3CO3)C[C@H]2O1. The van der Waals surface area contributed by atoms with Crippen molar-refractivity contribution in [2.45, 2.75) is 31.0 Å². The normalized spacial score (nSPS) is 54.5. The van der Waals surface area contributed by atoms with Gasteiger partial charge < -0.3 is 18.9 Å². The molecule has 4 nitrogen and oxygen atoms in total. The van der Waals surface area contributed by atoms with Crippen molar-refractivity contribution in [3.63, 3.8) is 0 Å². The average molecular weight is 158 g/mol. The standard InChI is InChI=1S/C7H10O4/c1-4(6-2-8-6)11-7-5(1)9-3-10-7/h4-7H,1-3H2/t4-,5+,6-,7-/m0/s1. The lowest BCUT2D eigenvalue weighted by Crippen LogP contribution is -2.17. The lowest BCUT2D eigenvalue weighted by atomic mass is 10.1. The molecule has 3 aliphatic rings. The molecule has 62 valence electrons. The minimum absolute atomic E-state index is 0.121. The van der Waals surface area contributed by atoms with Gasteiger partial charge in [-0.3, -0.25) is 0 Å². The lowest BCUT2D eigenvalue weighted by molar-refractivity contribution is -0.120. The van der Waals surface area contributed by atoms with Gasteiger partial charge in [0.05, 0.1) is 12.7 Å². The highest BCUT2D eigenvalue weighted by Crippen LogP contribution is 2.34. The van der Waals surface area contributed by atoms with Crippen molar-refractivity contribution in [3.8, 4) is 0 Å². The number of epoxide rings is 1. The van der Waals surface area contributed by atoms with E-state index in [-0.39, 0.29) is 18.5 Å². The average Bonchev–Trinajstić information content (AvgIpc) is 2.60. The van der Waals surface area contributed by atoms with Crippen molar-refractivity contribution < 1.29 is 18.9 Å². The summed E-state index contributed by atoms with van der Waals surface area (Å²) in [5.41, 5.74) is 0. The molecule has 0 aromatic carbocycles. The Balaban J connectivity index is 1.67. The Morgan fingerprint density at radius 3 is 2.55 bits per heavy atom. The fraction of sp³-hybridized carbons (Fsp3) is 1.00. The zero-order valence-corrected chi connectivity index (χ0v) is 6.06. The van der Waals surface area contributed by atoms with Gasteiger partial charge in [-0.15, -0.1) is 0 Å². The van der Waals surface area contributed by atoms with Crippen LogP contribution in [-0.2, 0) is 18.9 Å². The monoisotopic (exact) mass is 158 g/mol. The van der Waals surface area contributed by atoms with E-state index in [9.17, 15) is 0 Å². The molecule has 3 rings (SSSR count). The number of hydrogen-bond acceptors (Lipinski definition) is 4. The third-order valence-electron chi connectivity index (χ3n) is 2.37. The molecule has 4 atom stereocenters. The highest BCUT2D eigenvalue weighted by molar-refractivity contribution is 4.89. The second-order valence-electron chi connectivity index (χ2n) is 3.14. The number of hydrogen-bond donors (Lipinski definition) is 0. The fourth-order valence-corrected chi connectivity index (χ4v) is 1.65. The Morgan fingerprint density at radius 1 is 0.909 bits per heavy atom. The van der Waals surface area contributed by atoms with E-state index in [1.54, 1.807) is 0 Å². The molecule has 11 heavy (non-hydrogen) atoms. The zero-order valence-electron chi connectivity index (χ0n) is 6.06. The van der Waals surface area contributed by atoms with E-state index in [0.717, 1.165) is 13.0 Å². The van der Waals surface area contributed by atoms with Crippen LogP contribution in [0.2, 0.25) is 0 Å². The van der Waals surface area contributed by atoms with Crippen LogP contribution in [0, 0.1) is 0 Å². The second-order valence-corrected chi connectivity index (χ2v) is 3.14. The second kappa shape index (κ2) is 2.17. The summed E-state index contributed by atoms with van der Waals surface area (Å²) < 4.78 is 21.1. The summed E-state index contributed by atoms with van der Waals surface area (Å²) in [6, 6.07) is 0. The van der Waals surface area contributed by atoms with Crippen LogP contribution < -0.4 is 0 Å². The van der Waals surface area contributed by atoms with Crippen LogP contribution in [0.1, 0.15) is 6.42 Å². The minimum Gasteiger partial charge on any atom is -0.370 e. The molecule has 0 saturated carbocycles. The van der Waals surface area contributed by atoms with Gasteiger partial charge >= 0.3 is 0 Å². The summed E-state index contributed by atoms with van der Waals surface area (Å²) in [5, 5.41) is 0. The number of fused-ring (bicyclic) bond motifs is 1. The summed E-state index contributed by atoms with van der Waals surface area (Å²) in [7, 11) is 0. The summed E-state index contributed by atoms with van der Waals surface area (Å²) in [4.78, 5) is 0. The molecule has 0 aromatic heterocycles. The topological polar surface area (TPSA) is 40.2 Å². The van der Waals surface area contributed by atoms with Gasteiger partial charge in [-0.1, -0.05) is 0 Å². The molecule has 4 heteroatoms. The van der Waals surface area contributed by atoms with Crippen LogP contribution in [0.4, 0.5) is 0 Å². The van der Waals surface area contributed by atoms with E-state index in [4.69, 9.17) is 18.9 Å². The molecule has 0 aromatic rings. The third-order valence-corrected chi connectivity index (χ3v) is 2.37.